The number of halogens is 5. The maximum atomic E-state index is 12.9. The maximum Gasteiger partial charge on any atom is 0.461 e. The number of ketones is 1. The molecule has 18 heavy (non-hydrogen) atoms. The topological polar surface area (TPSA) is 26.3 Å². The number of Topliss-reactive ketones (excluding diaryl/α,β-unsaturated/α-hetero) is 1. The number of fused-ring (bicyclic) bond motifs is 1. The number of carbonyl (C=O) groups is 1. The molecule has 0 unspecified atom stereocenters. The van der Waals surface area contributed by atoms with E-state index in [1.54, 1.807) is 0 Å². The van der Waals surface area contributed by atoms with Gasteiger partial charge in [0.2, 0.25) is 5.78 Å². The molecule has 0 amide bonds. The summed E-state index contributed by atoms with van der Waals surface area (Å²) in [6, 6.07) is 3.68. The summed E-state index contributed by atoms with van der Waals surface area (Å²) in [6.45, 7) is 0.164. The zero-order valence-electron chi connectivity index (χ0n) is 8.85. The Morgan fingerprint density at radius 3 is 2.44 bits per heavy atom. The monoisotopic (exact) mass is 266 g/mol. The van der Waals surface area contributed by atoms with Crippen LogP contribution in [0, 0.1) is 0 Å². The molecule has 0 saturated carbocycles. The Labute approximate surface area is 98.4 Å². The molecular formula is C11H7F5O2. The van der Waals surface area contributed by atoms with Crippen LogP contribution in [0.25, 0.3) is 0 Å². The largest absolute Gasteiger partial charge is 0.492 e. The summed E-state index contributed by atoms with van der Waals surface area (Å²) >= 11 is 0. The molecule has 98 valence electrons. The highest BCUT2D eigenvalue weighted by Crippen LogP contribution is 2.41. The van der Waals surface area contributed by atoms with Crippen LogP contribution in [0.5, 0.6) is 5.75 Å². The molecule has 0 spiro atoms. The van der Waals surface area contributed by atoms with Crippen LogP contribution in [-0.4, -0.2) is 24.5 Å². The second kappa shape index (κ2) is 3.93. The summed E-state index contributed by atoms with van der Waals surface area (Å²) < 4.78 is 67.2. The van der Waals surface area contributed by atoms with Gasteiger partial charge in [-0.3, -0.25) is 4.79 Å². The number of ether oxygens (including phenoxy) is 1. The molecule has 1 aliphatic heterocycles. The molecule has 7 heteroatoms. The van der Waals surface area contributed by atoms with Crippen LogP contribution in [0.3, 0.4) is 0 Å². The summed E-state index contributed by atoms with van der Waals surface area (Å²) in [7, 11) is 0. The molecule has 1 heterocycles. The average molecular weight is 266 g/mol. The van der Waals surface area contributed by atoms with E-state index in [4.69, 9.17) is 4.74 Å². The van der Waals surface area contributed by atoms with Crippen molar-refractivity contribution in [3.63, 3.8) is 0 Å². The zero-order valence-corrected chi connectivity index (χ0v) is 8.85. The fraction of sp³-hybridized carbons (Fsp3) is 0.364. The zero-order chi connectivity index (χ0) is 13.6. The molecule has 0 radical (unpaired) electrons. The summed E-state index contributed by atoms with van der Waals surface area (Å²) in [6.07, 6.45) is -5.53. The van der Waals surface area contributed by atoms with Gasteiger partial charge in [-0.1, -0.05) is 12.1 Å². The van der Waals surface area contributed by atoms with Crippen LogP contribution >= 0.6 is 0 Å². The van der Waals surface area contributed by atoms with Crippen molar-refractivity contribution in [1.82, 2.24) is 0 Å². The quantitative estimate of drug-likeness (QED) is 0.607. The van der Waals surface area contributed by atoms with E-state index >= 15 is 0 Å². The lowest BCUT2D eigenvalue weighted by molar-refractivity contribution is -0.255. The van der Waals surface area contributed by atoms with Gasteiger partial charge in [-0.25, -0.2) is 0 Å². The smallest absolute Gasteiger partial charge is 0.461 e. The van der Waals surface area contributed by atoms with E-state index in [-0.39, 0.29) is 12.4 Å². The third kappa shape index (κ3) is 1.83. The highest BCUT2D eigenvalue weighted by Gasteiger charge is 2.63. The molecule has 0 aromatic heterocycles. The van der Waals surface area contributed by atoms with Crippen molar-refractivity contribution in [1.29, 1.82) is 0 Å². The highest BCUT2D eigenvalue weighted by atomic mass is 19.4. The van der Waals surface area contributed by atoms with E-state index in [0.29, 0.717) is 12.0 Å². The minimum atomic E-state index is -5.91. The van der Waals surface area contributed by atoms with E-state index in [1.807, 2.05) is 0 Å². The predicted octanol–water partition coefficient (Wildman–Crippen LogP) is 3.00. The lowest BCUT2D eigenvalue weighted by atomic mass is 10.0. The Bertz CT molecular complexity index is 493. The summed E-state index contributed by atoms with van der Waals surface area (Å²) in [5.74, 6) is -7.87. The van der Waals surface area contributed by atoms with Gasteiger partial charge in [0.25, 0.3) is 0 Å². The molecule has 0 fully saturated rings. The van der Waals surface area contributed by atoms with Crippen molar-refractivity contribution in [2.45, 2.75) is 18.5 Å². The van der Waals surface area contributed by atoms with E-state index < -0.39 is 23.4 Å². The van der Waals surface area contributed by atoms with Crippen LogP contribution < -0.4 is 4.74 Å². The third-order valence-corrected chi connectivity index (χ3v) is 2.60. The number of para-hydroxylation sites is 1. The Balaban J connectivity index is 2.45. The molecule has 2 nitrogen and oxygen atoms in total. The van der Waals surface area contributed by atoms with E-state index in [2.05, 4.69) is 0 Å². The molecule has 1 aromatic rings. The summed E-state index contributed by atoms with van der Waals surface area (Å²) in [4.78, 5) is 11.3. The van der Waals surface area contributed by atoms with Crippen LogP contribution in [0.2, 0.25) is 0 Å². The van der Waals surface area contributed by atoms with Gasteiger partial charge in [-0.15, -0.1) is 0 Å². The second-order valence-corrected chi connectivity index (χ2v) is 3.79. The SMILES string of the molecule is O=C(c1cccc2c1OCC2)C(F)(F)C(F)(F)F. The molecule has 0 aliphatic carbocycles. The molecule has 0 bridgehead atoms. The van der Waals surface area contributed by atoms with Crippen LogP contribution in [0.4, 0.5) is 22.0 Å². The molecular weight excluding hydrogens is 259 g/mol. The van der Waals surface area contributed by atoms with Gasteiger partial charge in [0, 0.05) is 6.42 Å². The molecule has 0 N–H and O–H groups in total. The molecule has 0 saturated heterocycles. The first-order valence-corrected chi connectivity index (χ1v) is 4.99. The van der Waals surface area contributed by atoms with Gasteiger partial charge in [-0.2, -0.15) is 22.0 Å². The Hall–Kier alpha value is -1.66. The van der Waals surface area contributed by atoms with Crippen molar-refractivity contribution in [3.8, 4) is 5.75 Å². The number of carbonyl (C=O) groups excluding carboxylic acids is 1. The van der Waals surface area contributed by atoms with Gasteiger partial charge in [0.15, 0.2) is 0 Å². The Morgan fingerprint density at radius 2 is 1.83 bits per heavy atom. The minimum Gasteiger partial charge on any atom is -0.492 e. The first-order chi connectivity index (χ1) is 8.25. The lowest BCUT2D eigenvalue weighted by Crippen LogP contribution is -2.44. The molecule has 1 aromatic carbocycles. The van der Waals surface area contributed by atoms with E-state index in [1.165, 1.54) is 12.1 Å². The van der Waals surface area contributed by atoms with E-state index in [0.717, 1.165) is 6.07 Å². The molecule has 0 atom stereocenters. The van der Waals surface area contributed by atoms with Gasteiger partial charge in [-0.05, 0) is 11.6 Å². The van der Waals surface area contributed by atoms with Gasteiger partial charge >= 0.3 is 12.1 Å². The van der Waals surface area contributed by atoms with Crippen molar-refractivity contribution < 1.29 is 31.5 Å². The first-order valence-electron chi connectivity index (χ1n) is 4.99. The van der Waals surface area contributed by atoms with Crippen molar-refractivity contribution in [2.24, 2.45) is 0 Å². The maximum absolute atomic E-state index is 12.9. The number of benzene rings is 1. The van der Waals surface area contributed by atoms with Gasteiger partial charge < -0.3 is 4.74 Å². The van der Waals surface area contributed by atoms with Crippen molar-refractivity contribution in [3.05, 3.63) is 29.3 Å². The van der Waals surface area contributed by atoms with Gasteiger partial charge in [0.1, 0.15) is 5.75 Å². The van der Waals surface area contributed by atoms with E-state index in [9.17, 15) is 26.7 Å². The normalized spacial score (nSPS) is 15.2. The second-order valence-electron chi connectivity index (χ2n) is 3.79. The average Bonchev–Trinajstić information content (AvgIpc) is 2.73. The fourth-order valence-electron chi connectivity index (χ4n) is 1.69. The van der Waals surface area contributed by atoms with Gasteiger partial charge in [0.05, 0.1) is 12.2 Å². The minimum absolute atomic E-state index is 0.164. The van der Waals surface area contributed by atoms with Crippen molar-refractivity contribution >= 4 is 5.78 Å². The van der Waals surface area contributed by atoms with Crippen LogP contribution in [0.1, 0.15) is 15.9 Å². The van der Waals surface area contributed by atoms with Crippen LogP contribution in [-0.2, 0) is 6.42 Å². The fourth-order valence-corrected chi connectivity index (χ4v) is 1.69. The number of hydrogen-bond acceptors (Lipinski definition) is 2. The third-order valence-electron chi connectivity index (χ3n) is 2.60. The molecule has 2 rings (SSSR count). The Morgan fingerprint density at radius 1 is 1.17 bits per heavy atom. The Kier molecular flexibility index (Phi) is 2.79. The summed E-state index contributed by atoms with van der Waals surface area (Å²) in [5.41, 5.74) is -0.272. The lowest BCUT2D eigenvalue weighted by Gasteiger charge is -2.19. The van der Waals surface area contributed by atoms with Crippen molar-refractivity contribution in [2.75, 3.05) is 6.61 Å². The highest BCUT2D eigenvalue weighted by molar-refractivity contribution is 6.04. The predicted molar refractivity (Wildman–Crippen MR) is 51.0 cm³/mol. The number of hydrogen-bond donors (Lipinski definition) is 0. The molecule has 1 aliphatic rings. The summed E-state index contributed by atoms with van der Waals surface area (Å²) in [5, 5.41) is 0. The number of alkyl halides is 5. The number of rotatable bonds is 2. The van der Waals surface area contributed by atoms with Crippen LogP contribution in [0.15, 0.2) is 18.2 Å². The standard InChI is InChI=1S/C11H7F5O2/c12-10(13,11(14,15)16)9(17)7-3-1-2-6-4-5-18-8(6)7/h1-3H,4-5H2. The first kappa shape index (κ1) is 12.8.